The molecule has 0 unspecified atom stereocenters. The highest BCUT2D eigenvalue weighted by Gasteiger charge is 2.15. The van der Waals surface area contributed by atoms with Gasteiger partial charge in [-0.1, -0.05) is 53.0 Å². The molecule has 1 aromatic heterocycles. The van der Waals surface area contributed by atoms with Crippen LogP contribution in [0.3, 0.4) is 0 Å². The largest absolute Gasteiger partial charge is 0.490 e. The molecule has 1 heterocycles. The minimum atomic E-state index is -0.387. The normalized spacial score (nSPS) is 10.9. The number of rotatable bonds is 12. The van der Waals surface area contributed by atoms with Gasteiger partial charge >= 0.3 is 0 Å². The van der Waals surface area contributed by atoms with E-state index in [0.29, 0.717) is 34.2 Å². The van der Waals surface area contributed by atoms with Crippen molar-refractivity contribution in [3.05, 3.63) is 117 Å². The lowest BCUT2D eigenvalue weighted by Crippen LogP contribution is -2.20. The molecule has 3 N–H and O–H groups in total. The third-order valence-corrected chi connectivity index (χ3v) is 7.73. The lowest BCUT2D eigenvalue weighted by molar-refractivity contribution is -0.118. The molecule has 0 aliphatic carbocycles. The van der Waals surface area contributed by atoms with Crippen LogP contribution < -0.4 is 25.5 Å². The van der Waals surface area contributed by atoms with Crippen molar-refractivity contribution >= 4 is 69.1 Å². The van der Waals surface area contributed by atoms with Crippen LogP contribution in [-0.2, 0) is 4.79 Å². The van der Waals surface area contributed by atoms with E-state index in [9.17, 15) is 9.59 Å². The predicted molar refractivity (Wildman–Crippen MR) is 185 cm³/mol. The second-order valence-electron chi connectivity index (χ2n) is 9.91. The second-order valence-corrected chi connectivity index (χ2v) is 11.6. The average Bonchev–Trinajstić information content (AvgIpc) is 3.51. The lowest BCUT2D eigenvalue weighted by Gasteiger charge is -2.14. The molecule has 0 saturated heterocycles. The summed E-state index contributed by atoms with van der Waals surface area (Å²) in [5, 5.41) is 13.7. The molecule has 5 rings (SSSR count). The average molecular weight is 675 g/mol. The first kappa shape index (κ1) is 32.5. The molecule has 0 saturated carbocycles. The monoisotopic (exact) mass is 673 g/mol. The highest BCUT2D eigenvalue weighted by atomic mass is 35.5. The van der Waals surface area contributed by atoms with Crippen molar-refractivity contribution in [1.82, 2.24) is 10.4 Å². The van der Waals surface area contributed by atoms with Crippen molar-refractivity contribution in [1.29, 1.82) is 0 Å². The first-order chi connectivity index (χ1) is 22.3. The Bertz CT molecular complexity index is 1840. The second kappa shape index (κ2) is 15.4. The Hall–Kier alpha value is -4.90. The van der Waals surface area contributed by atoms with Gasteiger partial charge in [0.15, 0.2) is 23.2 Å². The molecule has 9 nitrogen and oxygen atoms in total. The van der Waals surface area contributed by atoms with Crippen LogP contribution in [-0.4, -0.2) is 36.2 Å². The Balaban J connectivity index is 1.17. The molecule has 46 heavy (non-hydrogen) atoms. The fourth-order valence-electron chi connectivity index (χ4n) is 4.18. The Morgan fingerprint density at radius 2 is 1.65 bits per heavy atom. The first-order valence-corrected chi connectivity index (χ1v) is 15.8. The predicted octanol–water partition coefficient (Wildman–Crippen LogP) is 8.35. The maximum Gasteiger partial charge on any atom is 0.271 e. The SMILES string of the molecule is CCOc1cc(/C=N\NC(=O)c2ccc(-c3csc(Nc4ccc(Cl)cc4)n3)cc2)cc(Cl)c1OCC(=O)Nc1ccc(C)cc1. The number of amides is 2. The summed E-state index contributed by atoms with van der Waals surface area (Å²) in [5.74, 6) is -0.153. The molecule has 0 atom stereocenters. The van der Waals surface area contributed by atoms with Crippen LogP contribution in [0, 0.1) is 6.92 Å². The van der Waals surface area contributed by atoms with Crippen molar-refractivity contribution in [2.45, 2.75) is 13.8 Å². The van der Waals surface area contributed by atoms with E-state index in [1.54, 1.807) is 24.3 Å². The van der Waals surface area contributed by atoms with Crippen molar-refractivity contribution in [3.63, 3.8) is 0 Å². The maximum absolute atomic E-state index is 12.7. The molecule has 0 radical (unpaired) electrons. The molecule has 0 aliphatic heterocycles. The number of halogens is 2. The molecule has 234 valence electrons. The standard InChI is InChI=1S/C34H29Cl2N5O4S/c1-3-44-30-17-22(16-28(36)32(30)45-19-31(42)38-26-12-4-21(2)5-13-26)18-37-41-33(43)24-8-6-23(7-9-24)29-20-46-34(40-29)39-27-14-10-25(35)11-15-27/h4-18,20H,3,19H2,1-2H3,(H,38,42)(H,39,40)(H,41,43)/b37-18-. The van der Waals surface area contributed by atoms with Gasteiger partial charge in [0.1, 0.15) is 0 Å². The van der Waals surface area contributed by atoms with E-state index >= 15 is 0 Å². The van der Waals surface area contributed by atoms with Crippen LogP contribution in [0.4, 0.5) is 16.5 Å². The van der Waals surface area contributed by atoms with E-state index in [1.165, 1.54) is 17.6 Å². The number of aromatic nitrogens is 1. The van der Waals surface area contributed by atoms with Crippen molar-refractivity contribution in [2.75, 3.05) is 23.8 Å². The van der Waals surface area contributed by atoms with Gasteiger partial charge in [-0.15, -0.1) is 11.3 Å². The number of hydrogen-bond acceptors (Lipinski definition) is 8. The molecular formula is C34H29Cl2N5O4S. The molecule has 0 spiro atoms. The zero-order valence-corrected chi connectivity index (χ0v) is 27.2. The van der Waals surface area contributed by atoms with Crippen LogP contribution in [0.15, 0.2) is 95.4 Å². The number of carbonyl (C=O) groups excluding carboxylic acids is 2. The van der Waals surface area contributed by atoms with E-state index in [1.807, 2.05) is 79.9 Å². The Morgan fingerprint density at radius 1 is 0.935 bits per heavy atom. The molecule has 0 aliphatic rings. The number of benzene rings is 4. The van der Waals surface area contributed by atoms with Crippen LogP contribution in [0.25, 0.3) is 11.3 Å². The fraction of sp³-hybridized carbons (Fsp3) is 0.118. The van der Waals surface area contributed by atoms with Crippen LogP contribution in [0.2, 0.25) is 10.0 Å². The van der Waals surface area contributed by atoms with E-state index in [2.05, 4.69) is 26.1 Å². The van der Waals surface area contributed by atoms with E-state index in [4.69, 9.17) is 32.7 Å². The Morgan fingerprint density at radius 3 is 2.37 bits per heavy atom. The molecule has 4 aromatic carbocycles. The number of anilines is 3. The summed E-state index contributed by atoms with van der Waals surface area (Å²) < 4.78 is 11.4. The van der Waals surface area contributed by atoms with Gasteiger partial charge in [0.25, 0.3) is 11.8 Å². The quantitative estimate of drug-likeness (QED) is 0.0906. The van der Waals surface area contributed by atoms with Gasteiger partial charge < -0.3 is 20.1 Å². The van der Waals surface area contributed by atoms with Crippen LogP contribution >= 0.6 is 34.5 Å². The summed E-state index contributed by atoms with van der Waals surface area (Å²) in [6, 6.07) is 25.1. The van der Waals surface area contributed by atoms with Gasteiger partial charge in [0.2, 0.25) is 0 Å². The Labute approximate surface area is 280 Å². The van der Waals surface area contributed by atoms with Gasteiger partial charge in [-0.05, 0) is 80.1 Å². The van der Waals surface area contributed by atoms with E-state index in [-0.39, 0.29) is 29.2 Å². The maximum atomic E-state index is 12.7. The summed E-state index contributed by atoms with van der Waals surface area (Å²) >= 11 is 13.9. The van der Waals surface area contributed by atoms with Crippen molar-refractivity contribution in [2.24, 2.45) is 5.10 Å². The van der Waals surface area contributed by atoms with Gasteiger partial charge in [-0.3, -0.25) is 9.59 Å². The van der Waals surface area contributed by atoms with E-state index < -0.39 is 0 Å². The number of hydrazone groups is 1. The molecule has 5 aromatic rings. The minimum Gasteiger partial charge on any atom is -0.490 e. The van der Waals surface area contributed by atoms with Gasteiger partial charge in [0, 0.05) is 32.9 Å². The van der Waals surface area contributed by atoms with Gasteiger partial charge in [-0.2, -0.15) is 5.10 Å². The number of nitrogens with one attached hydrogen (secondary N) is 3. The number of aryl methyl sites for hydroxylation is 1. The summed E-state index contributed by atoms with van der Waals surface area (Å²) in [5.41, 5.74) is 7.81. The molecule has 12 heteroatoms. The van der Waals surface area contributed by atoms with Gasteiger partial charge in [-0.25, -0.2) is 10.4 Å². The number of nitrogens with zero attached hydrogens (tertiary/aromatic N) is 2. The Kier molecular flexibility index (Phi) is 10.9. The van der Waals surface area contributed by atoms with Crippen molar-refractivity contribution < 1.29 is 19.1 Å². The summed E-state index contributed by atoms with van der Waals surface area (Å²) in [6.45, 7) is 3.87. The van der Waals surface area contributed by atoms with Crippen molar-refractivity contribution in [3.8, 4) is 22.8 Å². The third-order valence-electron chi connectivity index (χ3n) is 6.44. The number of ether oxygens (including phenoxy) is 2. The summed E-state index contributed by atoms with van der Waals surface area (Å²) in [6.07, 6.45) is 1.44. The summed E-state index contributed by atoms with van der Waals surface area (Å²) in [4.78, 5) is 29.8. The number of thiazole rings is 1. The fourth-order valence-corrected chi connectivity index (χ4v) is 5.32. The van der Waals surface area contributed by atoms with Crippen LogP contribution in [0.1, 0.15) is 28.4 Å². The number of carbonyl (C=O) groups is 2. The highest BCUT2D eigenvalue weighted by Crippen LogP contribution is 2.36. The third kappa shape index (κ3) is 8.85. The zero-order valence-electron chi connectivity index (χ0n) is 24.8. The molecule has 0 bridgehead atoms. The smallest absolute Gasteiger partial charge is 0.271 e. The van der Waals surface area contributed by atoms with Crippen LogP contribution in [0.5, 0.6) is 11.5 Å². The minimum absolute atomic E-state index is 0.228. The topological polar surface area (TPSA) is 114 Å². The zero-order chi connectivity index (χ0) is 32.5. The lowest BCUT2D eigenvalue weighted by atomic mass is 10.1. The number of hydrogen-bond donors (Lipinski definition) is 3. The molecular weight excluding hydrogens is 645 g/mol. The highest BCUT2D eigenvalue weighted by molar-refractivity contribution is 7.14. The molecule has 0 fully saturated rings. The molecule has 2 amide bonds. The first-order valence-electron chi connectivity index (χ1n) is 14.1. The van der Waals surface area contributed by atoms with E-state index in [0.717, 1.165) is 27.6 Å². The van der Waals surface area contributed by atoms with Gasteiger partial charge in [0.05, 0.1) is 23.5 Å². The summed E-state index contributed by atoms with van der Waals surface area (Å²) in [7, 11) is 0.